The zero-order valence-electron chi connectivity index (χ0n) is 27.4. The van der Waals surface area contributed by atoms with Crippen molar-refractivity contribution in [2.45, 2.75) is 18.5 Å². The Morgan fingerprint density at radius 3 is 2.00 bits per heavy atom. The maximum atomic E-state index is 6.44. The second-order valence-electron chi connectivity index (χ2n) is 13.4. The van der Waals surface area contributed by atoms with Gasteiger partial charge < -0.3 is 4.42 Å². The first kappa shape index (κ1) is 29.4. The highest BCUT2D eigenvalue weighted by atomic mass is 32.1. The second kappa shape index (κ2) is 11.6. The van der Waals surface area contributed by atoms with Crippen molar-refractivity contribution in [3.63, 3.8) is 0 Å². The van der Waals surface area contributed by atoms with E-state index in [-0.39, 0.29) is 18.5 Å². The van der Waals surface area contributed by atoms with Crippen molar-refractivity contribution < 1.29 is 4.42 Å². The molecule has 1 saturated heterocycles. The first-order valence-corrected chi connectivity index (χ1v) is 19.0. The molecular weight excluding hydrogens is 663 g/mol. The van der Waals surface area contributed by atoms with Crippen LogP contribution in [0.15, 0.2) is 156 Å². The molecule has 4 nitrogen and oxygen atoms in total. The lowest BCUT2D eigenvalue weighted by Crippen LogP contribution is -2.54. The average Bonchev–Trinajstić information content (AvgIpc) is 3.89. The van der Waals surface area contributed by atoms with E-state index >= 15 is 0 Å². The summed E-state index contributed by atoms with van der Waals surface area (Å²) in [5, 5.41) is 19.3. The summed E-state index contributed by atoms with van der Waals surface area (Å²) in [6.45, 7) is 0. The van der Waals surface area contributed by atoms with Gasteiger partial charge in [0, 0.05) is 62.2 Å². The van der Waals surface area contributed by atoms with E-state index in [9.17, 15) is 0 Å². The Morgan fingerprint density at radius 2 is 1.10 bits per heavy atom. The van der Waals surface area contributed by atoms with E-state index in [0.29, 0.717) is 0 Å². The normalized spacial score (nSPS) is 18.2. The highest BCUT2D eigenvalue weighted by molar-refractivity contribution is 7.26. The van der Waals surface area contributed by atoms with Crippen molar-refractivity contribution in [1.82, 2.24) is 16.0 Å². The lowest BCUT2D eigenvalue weighted by Gasteiger charge is -2.39. The van der Waals surface area contributed by atoms with Gasteiger partial charge in [-0.15, -0.1) is 22.7 Å². The Kier molecular flexibility index (Phi) is 6.69. The molecule has 3 atom stereocenters. The van der Waals surface area contributed by atoms with Gasteiger partial charge in [-0.3, -0.25) is 16.0 Å². The molecule has 1 aliphatic heterocycles. The molecule has 0 bridgehead atoms. The fourth-order valence-corrected chi connectivity index (χ4v) is 10.3. The van der Waals surface area contributed by atoms with Crippen molar-refractivity contribution in [3.8, 4) is 11.1 Å². The van der Waals surface area contributed by atoms with Crippen LogP contribution in [-0.2, 0) is 0 Å². The summed E-state index contributed by atoms with van der Waals surface area (Å²) in [6, 6.07) is 54.7. The van der Waals surface area contributed by atoms with Crippen LogP contribution in [0.25, 0.3) is 73.4 Å². The minimum Gasteiger partial charge on any atom is -0.455 e. The minimum absolute atomic E-state index is 0.0436. The van der Waals surface area contributed by atoms with Gasteiger partial charge in [-0.1, -0.05) is 115 Å². The number of fused-ring (bicyclic) bond motifs is 9. The van der Waals surface area contributed by atoms with Crippen LogP contribution in [0.5, 0.6) is 0 Å². The van der Waals surface area contributed by atoms with Crippen LogP contribution in [0.1, 0.15) is 35.2 Å². The van der Waals surface area contributed by atoms with Crippen LogP contribution >= 0.6 is 22.7 Å². The van der Waals surface area contributed by atoms with Gasteiger partial charge in [0.15, 0.2) is 0 Å². The highest BCUT2D eigenvalue weighted by Crippen LogP contribution is 2.42. The highest BCUT2D eigenvalue weighted by Gasteiger charge is 2.31. The number of nitrogens with one attached hydrogen (secondary N) is 3. The van der Waals surface area contributed by atoms with E-state index in [0.717, 1.165) is 33.1 Å². The van der Waals surface area contributed by atoms with Gasteiger partial charge >= 0.3 is 0 Å². The van der Waals surface area contributed by atoms with Crippen LogP contribution in [-0.4, -0.2) is 0 Å². The first-order chi connectivity index (χ1) is 25.2. The first-order valence-electron chi connectivity index (χ1n) is 17.4. The minimum atomic E-state index is -0.0853. The van der Waals surface area contributed by atoms with Gasteiger partial charge in [-0.05, 0) is 53.1 Å². The summed E-state index contributed by atoms with van der Waals surface area (Å²) in [5.74, 6) is 0. The Hall–Kier alpha value is -5.34. The van der Waals surface area contributed by atoms with Gasteiger partial charge in [0.2, 0.25) is 0 Å². The van der Waals surface area contributed by atoms with E-state index in [1.54, 1.807) is 0 Å². The average molecular weight is 694 g/mol. The van der Waals surface area contributed by atoms with Gasteiger partial charge in [0.25, 0.3) is 0 Å². The van der Waals surface area contributed by atoms with Crippen molar-refractivity contribution in [1.29, 1.82) is 0 Å². The third-order valence-corrected chi connectivity index (χ3v) is 12.8. The number of hydrogen-bond donors (Lipinski definition) is 3. The molecule has 3 unspecified atom stereocenters. The molecule has 10 aromatic rings. The molecule has 0 saturated carbocycles. The van der Waals surface area contributed by atoms with E-state index in [1.807, 2.05) is 28.7 Å². The SMILES string of the molecule is c1ccc(C2NC(c3ccc4sc5ccc(-c6cccc7c6oc6ccccc67)cc5c4c3)NC(c3cccc4c3sc3ccccc34)N2)cc1. The van der Waals surface area contributed by atoms with Gasteiger partial charge in [0.05, 0.1) is 18.5 Å². The molecule has 6 heteroatoms. The van der Waals surface area contributed by atoms with E-state index in [1.165, 1.54) is 57.0 Å². The van der Waals surface area contributed by atoms with Crippen LogP contribution in [0.2, 0.25) is 0 Å². The second-order valence-corrected chi connectivity index (χ2v) is 15.5. The van der Waals surface area contributed by atoms with Crippen molar-refractivity contribution in [2.75, 3.05) is 0 Å². The van der Waals surface area contributed by atoms with Crippen molar-refractivity contribution in [3.05, 3.63) is 168 Å². The molecule has 3 N–H and O–H groups in total. The molecule has 11 rings (SSSR count). The fourth-order valence-electron chi connectivity index (χ4n) is 7.97. The number of benzene rings is 7. The molecule has 3 aromatic heterocycles. The third kappa shape index (κ3) is 4.76. The molecule has 244 valence electrons. The summed E-state index contributed by atoms with van der Waals surface area (Å²) in [7, 11) is 0. The fraction of sp³-hybridized carbons (Fsp3) is 0.0667. The monoisotopic (exact) mass is 693 g/mol. The number of rotatable bonds is 4. The lowest BCUT2D eigenvalue weighted by atomic mass is 9.99. The molecule has 0 radical (unpaired) electrons. The number of thiophene rings is 2. The number of hydrogen-bond acceptors (Lipinski definition) is 6. The maximum absolute atomic E-state index is 6.44. The smallest absolute Gasteiger partial charge is 0.143 e. The molecule has 1 fully saturated rings. The Bertz CT molecular complexity index is 2940. The van der Waals surface area contributed by atoms with Crippen molar-refractivity contribution >= 4 is 85.0 Å². The van der Waals surface area contributed by atoms with Gasteiger partial charge in [0.1, 0.15) is 11.2 Å². The summed E-state index contributed by atoms with van der Waals surface area (Å²) >= 11 is 3.73. The molecule has 51 heavy (non-hydrogen) atoms. The predicted octanol–water partition coefficient (Wildman–Crippen LogP) is 12.2. The summed E-state index contributed by atoms with van der Waals surface area (Å²) in [4.78, 5) is 0. The van der Waals surface area contributed by atoms with E-state index in [4.69, 9.17) is 4.42 Å². The van der Waals surface area contributed by atoms with E-state index < -0.39 is 0 Å². The lowest BCUT2D eigenvalue weighted by molar-refractivity contribution is 0.204. The van der Waals surface area contributed by atoms with Crippen LogP contribution in [0.4, 0.5) is 0 Å². The molecule has 0 spiro atoms. The topological polar surface area (TPSA) is 49.2 Å². The predicted molar refractivity (Wildman–Crippen MR) is 215 cm³/mol. The molecule has 4 heterocycles. The summed E-state index contributed by atoms with van der Waals surface area (Å²) in [6.07, 6.45) is -0.195. The Labute approximate surface area is 302 Å². The van der Waals surface area contributed by atoms with Crippen LogP contribution < -0.4 is 16.0 Å². The van der Waals surface area contributed by atoms with Crippen LogP contribution in [0, 0.1) is 0 Å². The molecule has 1 aliphatic rings. The molecule has 0 aliphatic carbocycles. The van der Waals surface area contributed by atoms with Crippen molar-refractivity contribution in [2.24, 2.45) is 0 Å². The standard InChI is InChI=1S/C45H31N3OS2/c1-2-10-26(11-3-1)43-46-44(48-45(47-43)34-17-9-16-33-31-13-5-7-19-38(31)51-42(33)34)28-21-23-40-36(25-28)35-24-27(20-22-39(35)50-40)29-14-8-15-32-30-12-4-6-18-37(30)49-41(29)32/h1-25,43-48H. The Balaban J connectivity index is 1.02. The summed E-state index contributed by atoms with van der Waals surface area (Å²) in [5.41, 5.74) is 7.83. The molecule has 7 aromatic carbocycles. The largest absolute Gasteiger partial charge is 0.455 e. The van der Waals surface area contributed by atoms with Gasteiger partial charge in [-0.2, -0.15) is 0 Å². The summed E-state index contributed by atoms with van der Waals surface area (Å²) < 4.78 is 11.6. The quantitative estimate of drug-likeness (QED) is 0.172. The van der Waals surface area contributed by atoms with Gasteiger partial charge in [-0.25, -0.2) is 0 Å². The van der Waals surface area contributed by atoms with Crippen LogP contribution in [0.3, 0.4) is 0 Å². The zero-order chi connectivity index (χ0) is 33.5. The number of furan rings is 1. The number of para-hydroxylation sites is 2. The molecular formula is C45H31N3OS2. The van der Waals surface area contributed by atoms with E-state index in [2.05, 4.69) is 162 Å². The zero-order valence-corrected chi connectivity index (χ0v) is 29.0. The Morgan fingerprint density at radius 1 is 0.431 bits per heavy atom. The molecule has 0 amide bonds. The third-order valence-electron chi connectivity index (χ3n) is 10.4. The maximum Gasteiger partial charge on any atom is 0.143 e.